The van der Waals surface area contributed by atoms with Gasteiger partial charge in [0.2, 0.25) is 5.91 Å². The van der Waals surface area contributed by atoms with Crippen LogP contribution in [-0.4, -0.2) is 34.6 Å². The molecule has 1 saturated carbocycles. The van der Waals surface area contributed by atoms with Crippen LogP contribution < -0.4 is 11.1 Å². The highest BCUT2D eigenvalue weighted by molar-refractivity contribution is 7.99. The molecule has 2 rings (SSSR count). The molecule has 1 aromatic rings. The Hall–Kier alpha value is -1.20. The highest BCUT2D eigenvalue weighted by Gasteiger charge is 2.27. The van der Waals surface area contributed by atoms with E-state index in [0.717, 1.165) is 12.0 Å². The van der Waals surface area contributed by atoms with E-state index in [2.05, 4.69) is 11.6 Å². The van der Waals surface area contributed by atoms with Crippen molar-refractivity contribution in [1.82, 2.24) is 5.32 Å². The molecule has 3 atom stereocenters. The van der Waals surface area contributed by atoms with Gasteiger partial charge in [-0.3, -0.25) is 4.79 Å². The van der Waals surface area contributed by atoms with Crippen molar-refractivity contribution in [2.75, 3.05) is 6.26 Å². The number of carbonyl (C=O) groups excluding carboxylic acids is 1. The van der Waals surface area contributed by atoms with Gasteiger partial charge < -0.3 is 16.2 Å². The monoisotopic (exact) mass is 308 g/mol. The maximum atomic E-state index is 12.2. The molecular formula is C16H24N2O2S. The lowest BCUT2D eigenvalue weighted by molar-refractivity contribution is -0.123. The number of phenolic OH excluding ortho intramolecular Hbond substituents is 1. The van der Waals surface area contributed by atoms with E-state index in [1.54, 1.807) is 24.3 Å². The van der Waals surface area contributed by atoms with Gasteiger partial charge in [-0.2, -0.15) is 11.8 Å². The quantitative estimate of drug-likeness (QED) is 0.778. The van der Waals surface area contributed by atoms with Crippen LogP contribution in [0.3, 0.4) is 0 Å². The Balaban J connectivity index is 1.88. The van der Waals surface area contributed by atoms with Crippen molar-refractivity contribution in [3.63, 3.8) is 0 Å². The number of aromatic hydroxyl groups is 1. The first kappa shape index (κ1) is 16.2. The number of benzene rings is 1. The second-order valence-corrected chi connectivity index (χ2v) is 6.73. The van der Waals surface area contributed by atoms with Crippen molar-refractivity contribution in [3.8, 4) is 5.75 Å². The lowest BCUT2D eigenvalue weighted by Gasteiger charge is -2.31. The lowest BCUT2D eigenvalue weighted by atomic mass is 9.94. The molecular weight excluding hydrogens is 284 g/mol. The van der Waals surface area contributed by atoms with E-state index in [-0.39, 0.29) is 17.7 Å². The number of hydrogen-bond donors (Lipinski definition) is 3. The standard InChI is InChI=1S/C16H24N2O2S/c1-21-15-5-3-2-4-14(15)18-16(20)13(17)10-11-6-8-12(19)9-7-11/h6-9,13-15,19H,2-5,10,17H2,1H3,(H,18,20)/t13-,14?,15?/m1/s1. The molecule has 2 unspecified atom stereocenters. The molecule has 0 aliphatic heterocycles. The molecule has 0 spiro atoms. The second-order valence-electron chi connectivity index (χ2n) is 5.65. The first-order valence-electron chi connectivity index (χ1n) is 7.47. The minimum atomic E-state index is -0.543. The third-order valence-electron chi connectivity index (χ3n) is 4.06. The van der Waals surface area contributed by atoms with Gasteiger partial charge >= 0.3 is 0 Å². The van der Waals surface area contributed by atoms with Crippen LogP contribution in [0.25, 0.3) is 0 Å². The molecule has 1 aliphatic rings. The van der Waals surface area contributed by atoms with Crippen molar-refractivity contribution in [2.45, 2.75) is 49.4 Å². The molecule has 1 aliphatic carbocycles. The van der Waals surface area contributed by atoms with Crippen LogP contribution in [0.15, 0.2) is 24.3 Å². The van der Waals surface area contributed by atoms with Crippen molar-refractivity contribution in [1.29, 1.82) is 0 Å². The zero-order valence-electron chi connectivity index (χ0n) is 12.4. The fraction of sp³-hybridized carbons (Fsp3) is 0.562. The van der Waals surface area contributed by atoms with Crippen LogP contribution in [0, 0.1) is 0 Å². The Kier molecular flexibility index (Phi) is 5.94. The van der Waals surface area contributed by atoms with Crippen LogP contribution in [0.1, 0.15) is 31.2 Å². The van der Waals surface area contributed by atoms with E-state index in [4.69, 9.17) is 5.73 Å². The third kappa shape index (κ3) is 4.64. The van der Waals surface area contributed by atoms with Crippen molar-refractivity contribution in [2.24, 2.45) is 5.73 Å². The van der Waals surface area contributed by atoms with E-state index in [1.807, 2.05) is 11.8 Å². The molecule has 4 N–H and O–H groups in total. The molecule has 116 valence electrons. The molecule has 0 aromatic heterocycles. The number of rotatable bonds is 5. The second kappa shape index (κ2) is 7.71. The van der Waals surface area contributed by atoms with Crippen molar-refractivity contribution in [3.05, 3.63) is 29.8 Å². The zero-order valence-corrected chi connectivity index (χ0v) is 13.2. The zero-order chi connectivity index (χ0) is 15.2. The van der Waals surface area contributed by atoms with Crippen LogP contribution >= 0.6 is 11.8 Å². The number of nitrogens with two attached hydrogens (primary N) is 1. The predicted octanol–water partition coefficient (Wildman–Crippen LogP) is 2.05. The lowest BCUT2D eigenvalue weighted by Crippen LogP contribution is -2.50. The summed E-state index contributed by atoms with van der Waals surface area (Å²) in [5.74, 6) is 0.149. The van der Waals surface area contributed by atoms with Crippen LogP contribution in [0.5, 0.6) is 5.75 Å². The molecule has 5 heteroatoms. The van der Waals surface area contributed by atoms with E-state index in [9.17, 15) is 9.90 Å². The molecule has 0 radical (unpaired) electrons. The van der Waals surface area contributed by atoms with E-state index in [0.29, 0.717) is 11.7 Å². The highest BCUT2D eigenvalue weighted by atomic mass is 32.2. The third-order valence-corrected chi connectivity index (χ3v) is 5.23. The molecule has 21 heavy (non-hydrogen) atoms. The van der Waals surface area contributed by atoms with Crippen LogP contribution in [-0.2, 0) is 11.2 Å². The summed E-state index contributed by atoms with van der Waals surface area (Å²) in [5.41, 5.74) is 6.97. The van der Waals surface area contributed by atoms with Crippen molar-refractivity contribution < 1.29 is 9.90 Å². The molecule has 1 amide bonds. The maximum Gasteiger partial charge on any atom is 0.237 e. The summed E-state index contributed by atoms with van der Waals surface area (Å²) in [6.07, 6.45) is 7.23. The summed E-state index contributed by atoms with van der Waals surface area (Å²) in [5, 5.41) is 12.9. The van der Waals surface area contributed by atoms with Crippen LogP contribution in [0.2, 0.25) is 0 Å². The average Bonchev–Trinajstić information content (AvgIpc) is 2.50. The normalized spacial score (nSPS) is 23.5. The fourth-order valence-corrected chi connectivity index (χ4v) is 3.75. The Morgan fingerprint density at radius 3 is 2.71 bits per heavy atom. The molecule has 1 aromatic carbocycles. The van der Waals surface area contributed by atoms with Gasteiger partial charge in [0, 0.05) is 11.3 Å². The van der Waals surface area contributed by atoms with E-state index >= 15 is 0 Å². The number of thioether (sulfide) groups is 1. The predicted molar refractivity (Wildman–Crippen MR) is 87.5 cm³/mol. The summed E-state index contributed by atoms with van der Waals surface area (Å²) in [6, 6.07) is 6.53. The number of amides is 1. The van der Waals surface area contributed by atoms with Gasteiger partial charge in [0.15, 0.2) is 0 Å². The Bertz CT molecular complexity index is 464. The number of carbonyl (C=O) groups is 1. The fourth-order valence-electron chi connectivity index (χ4n) is 2.81. The van der Waals surface area contributed by atoms with Gasteiger partial charge in [-0.05, 0) is 43.2 Å². The Morgan fingerprint density at radius 2 is 2.05 bits per heavy atom. The van der Waals surface area contributed by atoms with Gasteiger partial charge in [0.05, 0.1) is 6.04 Å². The van der Waals surface area contributed by atoms with E-state index < -0.39 is 6.04 Å². The summed E-state index contributed by atoms with van der Waals surface area (Å²) < 4.78 is 0. The Labute approximate surface area is 130 Å². The van der Waals surface area contributed by atoms with Crippen LogP contribution in [0.4, 0.5) is 0 Å². The summed E-state index contributed by atoms with van der Waals surface area (Å²) in [6.45, 7) is 0. The van der Waals surface area contributed by atoms with Crippen molar-refractivity contribution >= 4 is 17.7 Å². The van der Waals surface area contributed by atoms with E-state index in [1.165, 1.54) is 19.3 Å². The summed E-state index contributed by atoms with van der Waals surface area (Å²) in [4.78, 5) is 12.2. The topological polar surface area (TPSA) is 75.4 Å². The highest BCUT2D eigenvalue weighted by Crippen LogP contribution is 2.27. The maximum absolute atomic E-state index is 12.2. The molecule has 0 bridgehead atoms. The molecule has 0 heterocycles. The molecule has 1 fully saturated rings. The minimum Gasteiger partial charge on any atom is -0.508 e. The van der Waals surface area contributed by atoms with Gasteiger partial charge in [-0.25, -0.2) is 0 Å². The number of nitrogens with one attached hydrogen (secondary N) is 1. The first-order valence-corrected chi connectivity index (χ1v) is 8.75. The molecule has 0 saturated heterocycles. The average molecular weight is 308 g/mol. The van der Waals surface area contributed by atoms with Gasteiger partial charge in [-0.15, -0.1) is 0 Å². The summed E-state index contributed by atoms with van der Waals surface area (Å²) >= 11 is 1.83. The van der Waals surface area contributed by atoms with Gasteiger partial charge in [-0.1, -0.05) is 25.0 Å². The minimum absolute atomic E-state index is 0.0750. The number of hydrogen-bond acceptors (Lipinski definition) is 4. The van der Waals surface area contributed by atoms with Gasteiger partial charge in [0.25, 0.3) is 0 Å². The Morgan fingerprint density at radius 1 is 1.38 bits per heavy atom. The number of phenols is 1. The molecule has 4 nitrogen and oxygen atoms in total. The smallest absolute Gasteiger partial charge is 0.237 e. The summed E-state index contributed by atoms with van der Waals surface area (Å²) in [7, 11) is 0. The first-order chi connectivity index (χ1) is 10.1. The SMILES string of the molecule is CSC1CCCCC1NC(=O)[C@H](N)Cc1ccc(O)cc1. The van der Waals surface area contributed by atoms with Gasteiger partial charge in [0.1, 0.15) is 5.75 Å². The largest absolute Gasteiger partial charge is 0.508 e.